The summed E-state index contributed by atoms with van der Waals surface area (Å²) in [5, 5.41) is 0.497. The van der Waals surface area contributed by atoms with E-state index in [1.54, 1.807) is 112 Å². The average Bonchev–Trinajstić information content (AvgIpc) is 2.96. The summed E-state index contributed by atoms with van der Waals surface area (Å²) in [7, 11) is 0. The summed E-state index contributed by atoms with van der Waals surface area (Å²) in [5.74, 6) is -2.64. The summed E-state index contributed by atoms with van der Waals surface area (Å²) in [4.78, 5) is 68.2. The minimum absolute atomic E-state index is 0.0382. The number of ketones is 1. The number of carbonyl (C=O) groups excluding carboxylic acids is 5. The second kappa shape index (κ2) is 14.8. The molecule has 11 nitrogen and oxygen atoms in total. The average molecular weight is 706 g/mol. The molecule has 0 N–H and O–H groups in total. The molecule has 2 heterocycles. The van der Waals surface area contributed by atoms with Gasteiger partial charge in [0.1, 0.15) is 12.7 Å². The third-order valence-electron chi connectivity index (χ3n) is 7.90. The minimum atomic E-state index is -1.42. The SMILES string of the molecule is CC(C)(C)C(=O)OC[C@H]1O[C@@H](N2C=CC(=O)C[C@H]2c2ccc(Cl)cc2)[C@H](OC(=O)C(C)(C)C)[C@@H](OC(=O)C(C)(C)C)[C@H]1OC(=O)C(C)(C)C. The van der Waals surface area contributed by atoms with Crippen LogP contribution in [0.5, 0.6) is 0 Å². The van der Waals surface area contributed by atoms with Crippen LogP contribution < -0.4 is 0 Å². The van der Waals surface area contributed by atoms with E-state index in [1.807, 2.05) is 0 Å². The van der Waals surface area contributed by atoms with Crippen LogP contribution in [0, 0.1) is 21.7 Å². The molecular formula is C37H52ClNO10. The smallest absolute Gasteiger partial charge is 0.311 e. The van der Waals surface area contributed by atoms with E-state index in [0.717, 1.165) is 0 Å². The number of hydrogen-bond acceptors (Lipinski definition) is 11. The van der Waals surface area contributed by atoms with Crippen molar-refractivity contribution in [2.45, 2.75) is 126 Å². The maximum Gasteiger partial charge on any atom is 0.311 e. The molecule has 1 saturated heterocycles. The Morgan fingerprint density at radius 3 is 1.63 bits per heavy atom. The van der Waals surface area contributed by atoms with E-state index >= 15 is 0 Å². The van der Waals surface area contributed by atoms with Crippen molar-refractivity contribution < 1.29 is 47.7 Å². The number of rotatable bonds is 7. The highest BCUT2D eigenvalue weighted by Crippen LogP contribution is 2.40. The number of benzene rings is 1. The fourth-order valence-corrected chi connectivity index (χ4v) is 4.95. The first-order chi connectivity index (χ1) is 22.3. The van der Waals surface area contributed by atoms with E-state index in [1.165, 1.54) is 12.3 Å². The van der Waals surface area contributed by atoms with Crippen molar-refractivity contribution in [2.75, 3.05) is 6.61 Å². The van der Waals surface area contributed by atoms with E-state index in [2.05, 4.69) is 0 Å². The van der Waals surface area contributed by atoms with Gasteiger partial charge in [-0.1, -0.05) is 23.7 Å². The first kappa shape index (κ1) is 40.0. The Balaban J connectivity index is 2.28. The number of hydrogen-bond donors (Lipinski definition) is 0. The lowest BCUT2D eigenvalue weighted by Crippen LogP contribution is -2.67. The molecule has 0 aliphatic carbocycles. The molecule has 0 bridgehead atoms. The number of ether oxygens (including phenoxy) is 5. The van der Waals surface area contributed by atoms with Crippen LogP contribution in [0.1, 0.15) is 101 Å². The van der Waals surface area contributed by atoms with E-state index in [4.69, 9.17) is 35.3 Å². The predicted molar refractivity (Wildman–Crippen MR) is 182 cm³/mol. The molecule has 49 heavy (non-hydrogen) atoms. The molecule has 0 spiro atoms. The molecule has 3 rings (SSSR count). The number of carbonyl (C=O) groups is 5. The highest BCUT2D eigenvalue weighted by molar-refractivity contribution is 6.30. The topological polar surface area (TPSA) is 135 Å². The summed E-state index contributed by atoms with van der Waals surface area (Å²) >= 11 is 6.18. The summed E-state index contributed by atoms with van der Waals surface area (Å²) in [6.07, 6.45) is -3.61. The Morgan fingerprint density at radius 2 is 1.16 bits per heavy atom. The maximum absolute atomic E-state index is 13.6. The summed E-state index contributed by atoms with van der Waals surface area (Å²) < 4.78 is 30.8. The van der Waals surface area contributed by atoms with Gasteiger partial charge in [0.15, 0.2) is 30.3 Å². The maximum atomic E-state index is 13.6. The molecule has 0 unspecified atom stereocenters. The van der Waals surface area contributed by atoms with E-state index in [9.17, 15) is 24.0 Å². The number of nitrogens with zero attached hydrogens (tertiary/aromatic N) is 1. The van der Waals surface area contributed by atoms with E-state index in [0.29, 0.717) is 10.6 Å². The predicted octanol–water partition coefficient (Wildman–Crippen LogP) is 6.36. The molecule has 1 aromatic carbocycles. The molecular weight excluding hydrogens is 654 g/mol. The minimum Gasteiger partial charge on any atom is -0.462 e. The molecule has 6 atom stereocenters. The lowest BCUT2D eigenvalue weighted by Gasteiger charge is -2.50. The zero-order chi connectivity index (χ0) is 37.3. The van der Waals surface area contributed by atoms with Crippen molar-refractivity contribution in [3.8, 4) is 0 Å². The largest absolute Gasteiger partial charge is 0.462 e. The molecule has 2 aliphatic heterocycles. The molecule has 272 valence electrons. The van der Waals surface area contributed by atoms with Gasteiger partial charge < -0.3 is 28.6 Å². The van der Waals surface area contributed by atoms with Crippen LogP contribution in [0.3, 0.4) is 0 Å². The van der Waals surface area contributed by atoms with Crippen molar-refractivity contribution in [1.29, 1.82) is 0 Å². The zero-order valence-electron chi connectivity index (χ0n) is 30.8. The van der Waals surface area contributed by atoms with Gasteiger partial charge in [0.25, 0.3) is 0 Å². The van der Waals surface area contributed by atoms with Crippen LogP contribution in [0.4, 0.5) is 0 Å². The van der Waals surface area contributed by atoms with Gasteiger partial charge in [0.05, 0.1) is 27.7 Å². The number of halogens is 1. The monoisotopic (exact) mass is 705 g/mol. The van der Waals surface area contributed by atoms with Gasteiger partial charge in [-0.15, -0.1) is 0 Å². The van der Waals surface area contributed by atoms with Crippen molar-refractivity contribution in [2.24, 2.45) is 21.7 Å². The van der Waals surface area contributed by atoms with Crippen molar-refractivity contribution in [3.05, 3.63) is 47.1 Å². The third-order valence-corrected chi connectivity index (χ3v) is 8.15. The Kier molecular flexibility index (Phi) is 12.1. The lowest BCUT2D eigenvalue weighted by molar-refractivity contribution is -0.283. The third kappa shape index (κ3) is 10.3. The van der Waals surface area contributed by atoms with Gasteiger partial charge in [0.2, 0.25) is 0 Å². The standard InChI is InChI=1S/C37H52ClNO10/c1-34(2,3)30(41)45-20-25-26(47-31(42)35(4,5)6)27(48-32(43)36(7,8)9)28(49-33(44)37(10,11)12)29(46-25)39-18-17-23(40)19-24(39)21-13-15-22(38)16-14-21/h13-18,24-29H,19-20H2,1-12H3/t24-,25+,26-,27-,28+,29+/m0/s1. The van der Waals surface area contributed by atoms with Crippen molar-refractivity contribution >= 4 is 41.3 Å². The molecule has 1 fully saturated rings. The molecule has 0 aromatic heterocycles. The van der Waals surface area contributed by atoms with Crippen molar-refractivity contribution in [1.82, 2.24) is 4.90 Å². The van der Waals surface area contributed by atoms with Crippen LogP contribution in [0.15, 0.2) is 36.5 Å². The lowest BCUT2D eigenvalue weighted by atomic mass is 9.90. The fraction of sp³-hybridized carbons (Fsp3) is 0.649. The quantitative estimate of drug-likeness (QED) is 0.232. The zero-order valence-corrected chi connectivity index (χ0v) is 31.5. The normalized spacial score (nSPS) is 25.0. The Hall–Kier alpha value is -3.44. The Labute approximate surface area is 294 Å². The van der Waals surface area contributed by atoms with Gasteiger partial charge >= 0.3 is 23.9 Å². The first-order valence-electron chi connectivity index (χ1n) is 16.5. The summed E-state index contributed by atoms with van der Waals surface area (Å²) in [6.45, 7) is 19.7. The molecule has 1 aromatic rings. The molecule has 0 saturated carbocycles. The van der Waals surface area contributed by atoms with Crippen LogP contribution >= 0.6 is 11.6 Å². The van der Waals surface area contributed by atoms with Crippen LogP contribution in [-0.2, 0) is 47.7 Å². The molecule has 0 radical (unpaired) electrons. The van der Waals surface area contributed by atoms with Gasteiger partial charge in [-0.2, -0.15) is 0 Å². The van der Waals surface area contributed by atoms with Crippen LogP contribution in [0.25, 0.3) is 0 Å². The summed E-state index contributed by atoms with van der Waals surface area (Å²) in [6, 6.07) is 6.32. The fourth-order valence-electron chi connectivity index (χ4n) is 4.82. The van der Waals surface area contributed by atoms with Gasteiger partial charge in [-0.25, -0.2) is 0 Å². The van der Waals surface area contributed by atoms with E-state index in [-0.39, 0.29) is 18.8 Å². The van der Waals surface area contributed by atoms with E-state index < -0.39 is 82.2 Å². The van der Waals surface area contributed by atoms with Crippen molar-refractivity contribution in [3.63, 3.8) is 0 Å². The molecule has 2 aliphatic rings. The van der Waals surface area contributed by atoms with Crippen LogP contribution in [-0.4, -0.2) is 71.8 Å². The Morgan fingerprint density at radius 1 is 0.714 bits per heavy atom. The number of allylic oxidation sites excluding steroid dienone is 1. The second-order valence-corrected chi connectivity index (χ2v) is 17.2. The number of esters is 4. The highest BCUT2D eigenvalue weighted by Gasteiger charge is 2.56. The summed E-state index contributed by atoms with van der Waals surface area (Å²) in [5.41, 5.74) is -3.16. The Bertz CT molecular complexity index is 1430. The van der Waals surface area contributed by atoms with Gasteiger partial charge in [-0.05, 0) is 107 Å². The van der Waals surface area contributed by atoms with Gasteiger partial charge in [0, 0.05) is 17.6 Å². The highest BCUT2D eigenvalue weighted by atomic mass is 35.5. The second-order valence-electron chi connectivity index (χ2n) is 16.8. The van der Waals surface area contributed by atoms with Gasteiger partial charge in [-0.3, -0.25) is 24.0 Å². The molecule has 0 amide bonds. The molecule has 12 heteroatoms. The van der Waals surface area contributed by atoms with Crippen LogP contribution in [0.2, 0.25) is 5.02 Å². The first-order valence-corrected chi connectivity index (χ1v) is 16.9.